The number of anilines is 3. The first kappa shape index (κ1) is 27.6. The number of thiophene rings is 1. The van der Waals surface area contributed by atoms with E-state index in [-0.39, 0.29) is 0 Å². The van der Waals surface area contributed by atoms with E-state index < -0.39 is 0 Å². The van der Waals surface area contributed by atoms with Crippen molar-refractivity contribution >= 4 is 103 Å². The van der Waals surface area contributed by atoms with Crippen LogP contribution < -0.4 is 4.90 Å². The van der Waals surface area contributed by atoms with E-state index in [2.05, 4.69) is 144 Å². The summed E-state index contributed by atoms with van der Waals surface area (Å²) < 4.78 is 15.3. The predicted octanol–water partition coefficient (Wildman–Crippen LogP) is 14.1. The fourth-order valence-corrected chi connectivity index (χ4v) is 8.90. The molecule has 0 aliphatic carbocycles. The van der Waals surface area contributed by atoms with Gasteiger partial charge in [0.2, 0.25) is 0 Å². The van der Waals surface area contributed by atoms with Crippen molar-refractivity contribution in [2.75, 3.05) is 4.90 Å². The van der Waals surface area contributed by atoms with Crippen LogP contribution >= 0.6 is 11.3 Å². The number of rotatable bonds is 4. The molecule has 50 heavy (non-hydrogen) atoms. The van der Waals surface area contributed by atoms with Crippen molar-refractivity contribution < 1.29 is 8.83 Å². The van der Waals surface area contributed by atoms with Gasteiger partial charge < -0.3 is 13.7 Å². The minimum absolute atomic E-state index is 0.859. The Morgan fingerprint density at radius 1 is 0.360 bits per heavy atom. The molecule has 0 unspecified atom stereocenters. The van der Waals surface area contributed by atoms with Crippen LogP contribution in [0.4, 0.5) is 17.1 Å². The van der Waals surface area contributed by atoms with E-state index >= 15 is 0 Å². The number of para-hydroxylation sites is 2. The minimum atomic E-state index is 0.859. The molecule has 0 radical (unpaired) electrons. The monoisotopic (exact) mass is 657 g/mol. The van der Waals surface area contributed by atoms with Crippen LogP contribution in [-0.4, -0.2) is 0 Å². The topological polar surface area (TPSA) is 29.5 Å². The number of nitrogens with zero attached hydrogens (tertiary/aromatic N) is 1. The quantitative estimate of drug-likeness (QED) is 0.189. The van der Waals surface area contributed by atoms with Crippen LogP contribution in [0, 0.1) is 0 Å². The van der Waals surface area contributed by atoms with Crippen LogP contribution in [0.25, 0.3) is 85.9 Å². The highest BCUT2D eigenvalue weighted by atomic mass is 32.1. The summed E-state index contributed by atoms with van der Waals surface area (Å²) in [5.41, 5.74) is 8.98. The second-order valence-electron chi connectivity index (χ2n) is 12.9. The summed E-state index contributed by atoms with van der Waals surface area (Å²) in [5.74, 6) is 0. The lowest BCUT2D eigenvalue weighted by Crippen LogP contribution is -2.09. The second kappa shape index (κ2) is 10.6. The zero-order chi connectivity index (χ0) is 32.8. The van der Waals surface area contributed by atoms with Crippen LogP contribution in [0.5, 0.6) is 0 Å². The van der Waals surface area contributed by atoms with Gasteiger partial charge in [-0.1, -0.05) is 91.0 Å². The van der Waals surface area contributed by atoms with E-state index in [4.69, 9.17) is 8.83 Å². The molecule has 0 aliphatic heterocycles. The first-order valence-corrected chi connectivity index (χ1v) is 17.6. The molecular weight excluding hydrogens is 631 g/mol. The summed E-state index contributed by atoms with van der Waals surface area (Å²) in [4.78, 5) is 2.28. The maximum atomic E-state index is 6.35. The molecule has 0 bridgehead atoms. The average molecular weight is 658 g/mol. The molecule has 0 saturated heterocycles. The normalized spacial score (nSPS) is 12.0. The number of benzene rings is 8. The van der Waals surface area contributed by atoms with E-state index in [9.17, 15) is 0 Å². The van der Waals surface area contributed by atoms with Crippen molar-refractivity contribution in [2.24, 2.45) is 0 Å². The molecule has 3 heterocycles. The van der Waals surface area contributed by atoms with Gasteiger partial charge in [-0.15, -0.1) is 11.3 Å². The summed E-state index contributed by atoms with van der Waals surface area (Å²) in [6.07, 6.45) is 0. The molecule has 11 aromatic rings. The summed E-state index contributed by atoms with van der Waals surface area (Å²) in [6, 6.07) is 58.3. The SMILES string of the molecule is c1ccc2c(c1)oc1cc(N(c3ccc(-c4cccc5c4ccc4sc6ccccc6c45)cc3)c3ccc4c(c3)oc3ccccc34)ccc12. The van der Waals surface area contributed by atoms with Crippen molar-refractivity contribution in [2.45, 2.75) is 0 Å². The summed E-state index contributed by atoms with van der Waals surface area (Å²) >= 11 is 1.86. The molecule has 0 spiro atoms. The van der Waals surface area contributed by atoms with E-state index in [1.807, 2.05) is 35.6 Å². The zero-order valence-corrected chi connectivity index (χ0v) is 27.6. The Labute approximate surface area is 290 Å². The van der Waals surface area contributed by atoms with Gasteiger partial charge in [0, 0.05) is 70.9 Å². The lowest BCUT2D eigenvalue weighted by atomic mass is 9.95. The van der Waals surface area contributed by atoms with Gasteiger partial charge in [-0.25, -0.2) is 0 Å². The van der Waals surface area contributed by atoms with E-state index in [1.54, 1.807) is 0 Å². The van der Waals surface area contributed by atoms with Gasteiger partial charge in [0.15, 0.2) is 0 Å². The van der Waals surface area contributed by atoms with Crippen LogP contribution in [0.15, 0.2) is 173 Å². The number of hydrogen-bond donors (Lipinski definition) is 0. The molecule has 0 atom stereocenters. The molecule has 3 nitrogen and oxygen atoms in total. The first-order valence-electron chi connectivity index (χ1n) is 16.8. The molecule has 0 N–H and O–H groups in total. The highest BCUT2D eigenvalue weighted by Gasteiger charge is 2.18. The van der Waals surface area contributed by atoms with Crippen molar-refractivity contribution in [3.63, 3.8) is 0 Å². The Morgan fingerprint density at radius 2 is 0.900 bits per heavy atom. The molecule has 0 aliphatic rings. The third-order valence-electron chi connectivity index (χ3n) is 10.1. The Bertz CT molecular complexity index is 2990. The number of hydrogen-bond acceptors (Lipinski definition) is 4. The molecule has 234 valence electrons. The molecule has 0 saturated carbocycles. The molecule has 4 heteroatoms. The molecule has 8 aromatic carbocycles. The predicted molar refractivity (Wildman–Crippen MR) is 212 cm³/mol. The van der Waals surface area contributed by atoms with Crippen LogP contribution in [-0.2, 0) is 0 Å². The lowest BCUT2D eigenvalue weighted by molar-refractivity contribution is 0.669. The first-order chi connectivity index (χ1) is 24.8. The highest BCUT2D eigenvalue weighted by molar-refractivity contribution is 7.26. The summed E-state index contributed by atoms with van der Waals surface area (Å²) in [6.45, 7) is 0. The van der Waals surface area contributed by atoms with E-state index in [0.717, 1.165) is 60.9 Å². The highest BCUT2D eigenvalue weighted by Crippen LogP contribution is 2.43. The maximum absolute atomic E-state index is 6.35. The van der Waals surface area contributed by atoms with E-state index in [1.165, 1.54) is 42.1 Å². The summed E-state index contributed by atoms with van der Waals surface area (Å²) in [7, 11) is 0. The summed E-state index contributed by atoms with van der Waals surface area (Å²) in [5, 5.41) is 9.68. The van der Waals surface area contributed by atoms with Gasteiger partial charge in [-0.05, 0) is 82.6 Å². The number of furan rings is 2. The van der Waals surface area contributed by atoms with Crippen LogP contribution in [0.2, 0.25) is 0 Å². The zero-order valence-electron chi connectivity index (χ0n) is 26.8. The van der Waals surface area contributed by atoms with Crippen LogP contribution in [0.3, 0.4) is 0 Å². The second-order valence-corrected chi connectivity index (χ2v) is 14.0. The Morgan fingerprint density at radius 3 is 1.58 bits per heavy atom. The molecule has 0 amide bonds. The third-order valence-corrected chi connectivity index (χ3v) is 11.2. The molecule has 0 fully saturated rings. The van der Waals surface area contributed by atoms with Gasteiger partial charge in [0.05, 0.1) is 0 Å². The molecular formula is C46H27NO2S. The fraction of sp³-hybridized carbons (Fsp3) is 0. The Hall–Kier alpha value is -6.36. The standard InChI is InChI=1S/C46H27NO2S/c1-4-13-40-34(8-1)36-22-20-30(26-42(36)48-40)47(31-21-23-37-35-9-2-5-14-41(35)49-43(37)27-31)29-18-16-28(17-19-29)32-11-7-12-38-33(32)24-25-45-46(38)39-10-3-6-15-44(39)50-45/h1-27H. The lowest BCUT2D eigenvalue weighted by Gasteiger charge is -2.25. The van der Waals surface area contributed by atoms with Crippen molar-refractivity contribution in [1.82, 2.24) is 0 Å². The van der Waals surface area contributed by atoms with E-state index in [0.29, 0.717) is 0 Å². The fourth-order valence-electron chi connectivity index (χ4n) is 7.78. The third kappa shape index (κ3) is 4.09. The Kier molecular flexibility index (Phi) is 5.83. The average Bonchev–Trinajstić information content (AvgIpc) is 3.86. The van der Waals surface area contributed by atoms with Gasteiger partial charge in [0.25, 0.3) is 0 Å². The van der Waals surface area contributed by atoms with Gasteiger partial charge in [0.1, 0.15) is 22.3 Å². The molecule has 11 rings (SSSR count). The minimum Gasteiger partial charge on any atom is -0.456 e. The Balaban J connectivity index is 1.07. The van der Waals surface area contributed by atoms with Gasteiger partial charge >= 0.3 is 0 Å². The smallest absolute Gasteiger partial charge is 0.137 e. The van der Waals surface area contributed by atoms with Crippen molar-refractivity contribution in [3.8, 4) is 11.1 Å². The molecule has 3 aromatic heterocycles. The van der Waals surface area contributed by atoms with Gasteiger partial charge in [-0.2, -0.15) is 0 Å². The number of fused-ring (bicyclic) bond motifs is 11. The van der Waals surface area contributed by atoms with Crippen molar-refractivity contribution in [1.29, 1.82) is 0 Å². The maximum Gasteiger partial charge on any atom is 0.137 e. The van der Waals surface area contributed by atoms with Crippen LogP contribution in [0.1, 0.15) is 0 Å². The van der Waals surface area contributed by atoms with Gasteiger partial charge in [-0.3, -0.25) is 0 Å². The van der Waals surface area contributed by atoms with Crippen molar-refractivity contribution in [3.05, 3.63) is 164 Å². The largest absolute Gasteiger partial charge is 0.456 e.